The molecule has 1 aromatic heterocycles. The molecule has 26 heavy (non-hydrogen) atoms. The van der Waals surface area contributed by atoms with Crippen LogP contribution in [0.4, 0.5) is 16.3 Å². The van der Waals surface area contributed by atoms with Gasteiger partial charge in [-0.15, -0.1) is 0 Å². The van der Waals surface area contributed by atoms with Crippen LogP contribution in [0.1, 0.15) is 57.1 Å². The van der Waals surface area contributed by atoms with E-state index in [1.807, 2.05) is 13.0 Å². The summed E-state index contributed by atoms with van der Waals surface area (Å²) in [4.78, 5) is 16.9. The molecule has 0 bridgehead atoms. The highest BCUT2D eigenvalue weighted by atomic mass is 19.1. The van der Waals surface area contributed by atoms with Gasteiger partial charge in [-0.2, -0.15) is 15.0 Å². The van der Waals surface area contributed by atoms with Crippen LogP contribution in [0.3, 0.4) is 0 Å². The Morgan fingerprint density at radius 3 is 2.77 bits per heavy atom. The Hall–Kier alpha value is -2.37. The fourth-order valence-corrected chi connectivity index (χ4v) is 3.41. The lowest BCUT2D eigenvalue weighted by molar-refractivity contribution is 0.356. The fourth-order valence-electron chi connectivity index (χ4n) is 3.41. The van der Waals surface area contributed by atoms with Crippen molar-refractivity contribution in [2.75, 3.05) is 5.32 Å². The number of hydrogen-bond donors (Lipinski definition) is 1. The number of anilines is 1. The Bertz CT molecular complexity index is 732. The summed E-state index contributed by atoms with van der Waals surface area (Å²) >= 11 is 0. The van der Waals surface area contributed by atoms with Crippen LogP contribution in [-0.4, -0.2) is 27.2 Å². The van der Waals surface area contributed by atoms with Crippen molar-refractivity contribution in [2.24, 2.45) is 10.9 Å². The van der Waals surface area contributed by atoms with Gasteiger partial charge in [-0.05, 0) is 44.1 Å². The lowest BCUT2D eigenvalue weighted by Gasteiger charge is -2.21. The third kappa shape index (κ3) is 4.84. The molecule has 0 saturated heterocycles. The zero-order valence-corrected chi connectivity index (χ0v) is 15.4. The minimum Gasteiger partial charge on any atom is -0.351 e. The highest BCUT2D eigenvalue weighted by Crippen LogP contribution is 2.31. The van der Waals surface area contributed by atoms with E-state index in [1.165, 1.54) is 25.3 Å². The lowest BCUT2D eigenvalue weighted by atomic mass is 9.95. The number of halogens is 1. The highest BCUT2D eigenvalue weighted by Gasteiger charge is 2.28. The molecular weight excluding hydrogens is 329 g/mol. The second-order valence-corrected chi connectivity index (χ2v) is 6.78. The van der Waals surface area contributed by atoms with Gasteiger partial charge in [0.1, 0.15) is 0 Å². The predicted molar refractivity (Wildman–Crippen MR) is 103 cm³/mol. The highest BCUT2D eigenvalue weighted by molar-refractivity contribution is 5.60. The van der Waals surface area contributed by atoms with Gasteiger partial charge in [0.25, 0.3) is 5.95 Å². The smallest absolute Gasteiger partial charge is 0.254 e. The molecule has 3 unspecified atom stereocenters. The summed E-state index contributed by atoms with van der Waals surface area (Å²) in [5.41, 5.74) is 1.34. The maximum absolute atomic E-state index is 13.8. The van der Waals surface area contributed by atoms with E-state index in [2.05, 4.69) is 49.5 Å². The van der Waals surface area contributed by atoms with Gasteiger partial charge >= 0.3 is 0 Å². The van der Waals surface area contributed by atoms with Gasteiger partial charge in [-0.1, -0.05) is 43.7 Å². The van der Waals surface area contributed by atoms with E-state index < -0.39 is 6.17 Å². The van der Waals surface area contributed by atoms with E-state index in [4.69, 9.17) is 0 Å². The standard InChI is InChI=1S/C20H26FN5/c1-3-12-22-19-24-18(14(2)21)25-20(26-19)23-17-11-7-10-16(17)13-15-8-5-4-6-9-15/h4-6,8-9,12,14,16-17H,3,7,10-11,13H2,1-2H3,(H,23,24,25,26). The van der Waals surface area contributed by atoms with Gasteiger partial charge in [0, 0.05) is 12.3 Å². The second-order valence-electron chi connectivity index (χ2n) is 6.78. The first-order valence-corrected chi connectivity index (χ1v) is 9.38. The molecule has 1 heterocycles. The van der Waals surface area contributed by atoms with Crippen molar-refractivity contribution in [3.63, 3.8) is 0 Å². The van der Waals surface area contributed by atoms with Crippen molar-refractivity contribution in [1.29, 1.82) is 0 Å². The monoisotopic (exact) mass is 355 g/mol. The van der Waals surface area contributed by atoms with Crippen LogP contribution in [0, 0.1) is 5.92 Å². The minimum atomic E-state index is -1.25. The number of benzene rings is 1. The number of aliphatic imine (C=N–C) groups is 1. The number of hydrogen-bond acceptors (Lipinski definition) is 5. The van der Waals surface area contributed by atoms with Crippen molar-refractivity contribution in [3.05, 3.63) is 41.7 Å². The third-order valence-electron chi connectivity index (χ3n) is 4.70. The van der Waals surface area contributed by atoms with Gasteiger partial charge in [-0.25, -0.2) is 9.38 Å². The summed E-state index contributed by atoms with van der Waals surface area (Å²) in [5, 5.41) is 3.42. The van der Waals surface area contributed by atoms with Crippen LogP contribution in [0.15, 0.2) is 35.3 Å². The van der Waals surface area contributed by atoms with Gasteiger partial charge in [0.15, 0.2) is 12.0 Å². The molecular formula is C20H26FN5. The molecule has 3 rings (SSSR count). The molecule has 3 atom stereocenters. The van der Waals surface area contributed by atoms with Crippen molar-refractivity contribution >= 4 is 18.1 Å². The second kappa shape index (κ2) is 8.83. The Morgan fingerprint density at radius 2 is 2.04 bits per heavy atom. The summed E-state index contributed by atoms with van der Waals surface area (Å²) in [6.45, 7) is 3.41. The summed E-state index contributed by atoms with van der Waals surface area (Å²) < 4.78 is 13.8. The van der Waals surface area contributed by atoms with E-state index in [0.717, 1.165) is 19.3 Å². The molecule has 1 aliphatic carbocycles. The SMILES string of the molecule is CCC=Nc1nc(NC2CCCC2Cc2ccccc2)nc(C(C)F)n1. The number of aromatic nitrogens is 3. The zero-order valence-electron chi connectivity index (χ0n) is 15.4. The van der Waals surface area contributed by atoms with E-state index in [0.29, 0.717) is 11.9 Å². The van der Waals surface area contributed by atoms with Crippen molar-refractivity contribution in [2.45, 2.75) is 58.2 Å². The van der Waals surface area contributed by atoms with E-state index in [9.17, 15) is 4.39 Å². The molecule has 138 valence electrons. The lowest BCUT2D eigenvalue weighted by Crippen LogP contribution is -2.27. The van der Waals surface area contributed by atoms with E-state index >= 15 is 0 Å². The molecule has 0 amide bonds. The van der Waals surface area contributed by atoms with Gasteiger partial charge in [0.05, 0.1) is 0 Å². The van der Waals surface area contributed by atoms with Crippen LogP contribution >= 0.6 is 0 Å². The largest absolute Gasteiger partial charge is 0.351 e. The number of rotatable bonds is 7. The Balaban J connectivity index is 1.76. The van der Waals surface area contributed by atoms with Gasteiger partial charge in [0.2, 0.25) is 5.95 Å². The van der Waals surface area contributed by atoms with Gasteiger partial charge < -0.3 is 5.32 Å². The number of nitrogens with one attached hydrogen (secondary N) is 1. The van der Waals surface area contributed by atoms with Crippen molar-refractivity contribution in [1.82, 2.24) is 15.0 Å². The van der Waals surface area contributed by atoms with Gasteiger partial charge in [-0.3, -0.25) is 0 Å². The predicted octanol–water partition coefficient (Wildman–Crippen LogP) is 4.84. The topological polar surface area (TPSA) is 63.1 Å². The van der Waals surface area contributed by atoms with Crippen molar-refractivity contribution < 1.29 is 4.39 Å². The van der Waals surface area contributed by atoms with E-state index in [1.54, 1.807) is 6.21 Å². The summed E-state index contributed by atoms with van der Waals surface area (Å²) in [6.07, 6.45) is 5.68. The normalized spacial score (nSPS) is 21.2. The number of alkyl halides is 1. The van der Waals surface area contributed by atoms with Crippen LogP contribution in [-0.2, 0) is 6.42 Å². The molecule has 1 aliphatic rings. The molecule has 5 nitrogen and oxygen atoms in total. The van der Waals surface area contributed by atoms with Crippen LogP contribution in [0.25, 0.3) is 0 Å². The summed E-state index contributed by atoms with van der Waals surface area (Å²) in [5.74, 6) is 1.33. The minimum absolute atomic E-state index is 0.128. The maximum atomic E-state index is 13.8. The van der Waals surface area contributed by atoms with Crippen LogP contribution in [0.2, 0.25) is 0 Å². The first-order valence-electron chi connectivity index (χ1n) is 9.38. The average molecular weight is 355 g/mol. The molecule has 1 saturated carbocycles. The molecule has 1 fully saturated rings. The quantitative estimate of drug-likeness (QED) is 0.722. The van der Waals surface area contributed by atoms with Crippen LogP contribution in [0.5, 0.6) is 0 Å². The summed E-state index contributed by atoms with van der Waals surface area (Å²) in [6, 6.07) is 10.8. The Kier molecular flexibility index (Phi) is 6.26. The molecule has 1 N–H and O–H groups in total. The zero-order chi connectivity index (χ0) is 18.4. The first kappa shape index (κ1) is 18.4. The van der Waals surface area contributed by atoms with E-state index in [-0.39, 0.29) is 17.8 Å². The summed E-state index contributed by atoms with van der Waals surface area (Å²) in [7, 11) is 0. The maximum Gasteiger partial charge on any atom is 0.254 e. The third-order valence-corrected chi connectivity index (χ3v) is 4.70. The number of nitrogens with zero attached hydrogens (tertiary/aromatic N) is 4. The molecule has 2 aromatic rings. The molecule has 6 heteroatoms. The molecule has 0 radical (unpaired) electrons. The Labute approximate surface area is 154 Å². The fraction of sp³-hybridized carbons (Fsp3) is 0.500. The van der Waals surface area contributed by atoms with Crippen molar-refractivity contribution in [3.8, 4) is 0 Å². The molecule has 0 spiro atoms. The molecule has 0 aliphatic heterocycles. The Morgan fingerprint density at radius 1 is 1.23 bits per heavy atom. The molecule has 1 aromatic carbocycles. The first-order chi connectivity index (χ1) is 12.7. The average Bonchev–Trinajstić information content (AvgIpc) is 3.07. The van der Waals surface area contributed by atoms with Crippen LogP contribution < -0.4 is 5.32 Å².